The van der Waals surface area contributed by atoms with Crippen molar-refractivity contribution in [3.8, 4) is 0 Å². The molecule has 3 heterocycles. The maximum absolute atomic E-state index is 4.37. The van der Waals surface area contributed by atoms with Crippen LogP contribution in [0.4, 0.5) is 5.82 Å². The summed E-state index contributed by atoms with van der Waals surface area (Å²) in [5, 5.41) is 2.13. The summed E-state index contributed by atoms with van der Waals surface area (Å²) >= 11 is 1.66. The van der Waals surface area contributed by atoms with Crippen molar-refractivity contribution in [2.75, 3.05) is 25.0 Å². The summed E-state index contributed by atoms with van der Waals surface area (Å²) in [5.74, 6) is 1.01. The van der Waals surface area contributed by atoms with E-state index in [1.54, 1.807) is 17.7 Å². The fraction of sp³-hybridized carbons (Fsp3) is 0.500. The van der Waals surface area contributed by atoms with Gasteiger partial charge in [0.2, 0.25) is 0 Å². The van der Waals surface area contributed by atoms with E-state index in [1.165, 1.54) is 12.1 Å². The fourth-order valence-corrected chi connectivity index (χ4v) is 3.19. The number of likely N-dealkylation sites (N-methyl/N-ethyl adjacent to an activating group) is 1. The molecule has 1 saturated heterocycles. The molecular weight excluding hydrogens is 270 g/mol. The van der Waals surface area contributed by atoms with E-state index >= 15 is 0 Å². The van der Waals surface area contributed by atoms with Crippen molar-refractivity contribution in [2.24, 2.45) is 0 Å². The predicted octanol–water partition coefficient (Wildman–Crippen LogP) is 1.95. The second kappa shape index (κ2) is 5.85. The van der Waals surface area contributed by atoms with Crippen molar-refractivity contribution in [1.29, 1.82) is 0 Å². The molecule has 2 aromatic heterocycles. The molecule has 1 fully saturated rings. The maximum atomic E-state index is 4.37. The van der Waals surface area contributed by atoms with E-state index in [1.807, 2.05) is 18.5 Å². The first kappa shape index (κ1) is 13.5. The van der Waals surface area contributed by atoms with Crippen LogP contribution in [-0.2, 0) is 6.54 Å². The summed E-state index contributed by atoms with van der Waals surface area (Å²) in [6, 6.07) is 2.56. The Morgan fingerprint density at radius 1 is 1.40 bits per heavy atom. The number of hydrogen-bond acceptors (Lipinski definition) is 6. The van der Waals surface area contributed by atoms with E-state index in [0.29, 0.717) is 6.04 Å². The molecule has 0 amide bonds. The molecule has 0 radical (unpaired) electrons. The quantitative estimate of drug-likeness (QED) is 0.861. The summed E-state index contributed by atoms with van der Waals surface area (Å²) < 4.78 is 0. The minimum atomic E-state index is 0.517. The zero-order valence-corrected chi connectivity index (χ0v) is 12.7. The largest absolute Gasteiger partial charge is 0.355 e. The first-order chi connectivity index (χ1) is 9.72. The van der Waals surface area contributed by atoms with Gasteiger partial charge in [-0.25, -0.2) is 15.0 Å². The number of thiazole rings is 1. The summed E-state index contributed by atoms with van der Waals surface area (Å²) in [6.45, 7) is 5.15. The Kier molecular flexibility index (Phi) is 3.93. The second-order valence-electron chi connectivity index (χ2n) is 5.29. The number of hydrogen-bond donors (Lipinski definition) is 0. The van der Waals surface area contributed by atoms with Crippen molar-refractivity contribution in [2.45, 2.75) is 25.9 Å². The van der Waals surface area contributed by atoms with Gasteiger partial charge in [-0.15, -0.1) is 11.3 Å². The molecule has 106 valence electrons. The van der Waals surface area contributed by atoms with Gasteiger partial charge in [0.1, 0.15) is 12.1 Å². The van der Waals surface area contributed by atoms with Crippen molar-refractivity contribution in [1.82, 2.24) is 19.9 Å². The summed E-state index contributed by atoms with van der Waals surface area (Å²) in [6.07, 6.45) is 2.81. The van der Waals surface area contributed by atoms with Crippen molar-refractivity contribution in [3.05, 3.63) is 34.7 Å². The molecule has 1 atom stereocenters. The molecule has 3 rings (SSSR count). The van der Waals surface area contributed by atoms with Crippen molar-refractivity contribution >= 4 is 17.2 Å². The van der Waals surface area contributed by atoms with Gasteiger partial charge in [-0.3, -0.25) is 4.90 Å². The third-order valence-electron chi connectivity index (χ3n) is 3.82. The van der Waals surface area contributed by atoms with E-state index in [9.17, 15) is 0 Å². The summed E-state index contributed by atoms with van der Waals surface area (Å²) in [5.41, 5.74) is 4.09. The molecule has 0 aromatic carbocycles. The van der Waals surface area contributed by atoms with Gasteiger partial charge in [0, 0.05) is 49.9 Å². The number of aromatic nitrogens is 3. The van der Waals surface area contributed by atoms with Crippen LogP contribution in [0.15, 0.2) is 23.3 Å². The zero-order chi connectivity index (χ0) is 13.9. The van der Waals surface area contributed by atoms with E-state index < -0.39 is 0 Å². The van der Waals surface area contributed by atoms with Crippen LogP contribution in [0.1, 0.15) is 17.8 Å². The van der Waals surface area contributed by atoms with Gasteiger partial charge in [-0.2, -0.15) is 0 Å². The lowest BCUT2D eigenvalue weighted by Crippen LogP contribution is -2.35. The molecule has 1 aliphatic heterocycles. The van der Waals surface area contributed by atoms with E-state index in [-0.39, 0.29) is 0 Å². The Hall–Kier alpha value is -1.53. The Morgan fingerprint density at radius 2 is 2.30 bits per heavy atom. The van der Waals surface area contributed by atoms with Crippen LogP contribution >= 0.6 is 11.3 Å². The molecule has 0 spiro atoms. The van der Waals surface area contributed by atoms with Gasteiger partial charge >= 0.3 is 0 Å². The SMILES string of the molecule is Cc1cc(N(C)C2CCN(Cc3cscn3)C2)ncn1. The van der Waals surface area contributed by atoms with E-state index in [2.05, 4.69) is 37.2 Å². The van der Waals surface area contributed by atoms with Crippen LogP contribution in [0.3, 0.4) is 0 Å². The van der Waals surface area contributed by atoms with Gasteiger partial charge in [-0.05, 0) is 13.3 Å². The van der Waals surface area contributed by atoms with Gasteiger partial charge in [0.05, 0.1) is 11.2 Å². The molecule has 0 N–H and O–H groups in total. The lowest BCUT2D eigenvalue weighted by Gasteiger charge is -2.25. The molecule has 20 heavy (non-hydrogen) atoms. The van der Waals surface area contributed by atoms with Gasteiger partial charge in [0.15, 0.2) is 0 Å². The molecule has 5 nitrogen and oxygen atoms in total. The zero-order valence-electron chi connectivity index (χ0n) is 11.9. The molecule has 2 aromatic rings. The minimum absolute atomic E-state index is 0.517. The maximum Gasteiger partial charge on any atom is 0.132 e. The average molecular weight is 289 g/mol. The predicted molar refractivity (Wildman–Crippen MR) is 81.0 cm³/mol. The standard InChI is InChI=1S/C14H19N5S/c1-11-5-14(16-9-15-11)18(2)13-3-4-19(7-13)6-12-8-20-10-17-12/h5,8-10,13H,3-4,6-7H2,1-2H3. The first-order valence-corrected chi connectivity index (χ1v) is 7.77. The van der Waals surface area contributed by atoms with Crippen molar-refractivity contribution in [3.63, 3.8) is 0 Å². The molecule has 0 aliphatic carbocycles. The number of aryl methyl sites for hydroxylation is 1. The van der Waals surface area contributed by atoms with Crippen LogP contribution in [0.2, 0.25) is 0 Å². The second-order valence-corrected chi connectivity index (χ2v) is 6.00. The molecular formula is C14H19N5S. The highest BCUT2D eigenvalue weighted by atomic mass is 32.1. The first-order valence-electron chi connectivity index (χ1n) is 6.83. The molecule has 0 bridgehead atoms. The topological polar surface area (TPSA) is 45.2 Å². The van der Waals surface area contributed by atoms with Gasteiger partial charge in [0.25, 0.3) is 0 Å². The number of rotatable bonds is 4. The van der Waals surface area contributed by atoms with Crippen LogP contribution in [0, 0.1) is 6.92 Å². The Labute approximate surface area is 123 Å². The lowest BCUT2D eigenvalue weighted by atomic mass is 10.2. The smallest absolute Gasteiger partial charge is 0.132 e. The lowest BCUT2D eigenvalue weighted by molar-refractivity contribution is 0.322. The molecule has 0 saturated carbocycles. The Bertz CT molecular complexity index is 556. The molecule has 1 unspecified atom stereocenters. The monoisotopic (exact) mass is 289 g/mol. The Balaban J connectivity index is 1.62. The average Bonchev–Trinajstić information content (AvgIpc) is 3.10. The number of likely N-dealkylation sites (tertiary alicyclic amines) is 1. The third-order valence-corrected chi connectivity index (χ3v) is 4.45. The van der Waals surface area contributed by atoms with E-state index in [4.69, 9.17) is 0 Å². The molecule has 6 heteroatoms. The van der Waals surface area contributed by atoms with Crippen molar-refractivity contribution < 1.29 is 0 Å². The highest BCUT2D eigenvalue weighted by Crippen LogP contribution is 2.21. The summed E-state index contributed by atoms with van der Waals surface area (Å²) in [7, 11) is 2.12. The Morgan fingerprint density at radius 3 is 3.05 bits per heavy atom. The van der Waals surface area contributed by atoms with E-state index in [0.717, 1.165) is 31.1 Å². The minimum Gasteiger partial charge on any atom is -0.355 e. The number of anilines is 1. The van der Waals surface area contributed by atoms with Crippen LogP contribution in [-0.4, -0.2) is 46.0 Å². The van der Waals surface area contributed by atoms with Crippen LogP contribution < -0.4 is 4.90 Å². The highest BCUT2D eigenvalue weighted by Gasteiger charge is 2.26. The normalized spacial score (nSPS) is 19.4. The number of nitrogens with zero attached hydrogens (tertiary/aromatic N) is 5. The van der Waals surface area contributed by atoms with Gasteiger partial charge in [-0.1, -0.05) is 0 Å². The highest BCUT2D eigenvalue weighted by molar-refractivity contribution is 7.07. The van der Waals surface area contributed by atoms with Crippen LogP contribution in [0.25, 0.3) is 0 Å². The fourth-order valence-electron chi connectivity index (χ4n) is 2.64. The summed E-state index contributed by atoms with van der Waals surface area (Å²) in [4.78, 5) is 17.6. The van der Waals surface area contributed by atoms with Crippen LogP contribution in [0.5, 0.6) is 0 Å². The third kappa shape index (κ3) is 2.96. The molecule has 1 aliphatic rings. The van der Waals surface area contributed by atoms with Gasteiger partial charge < -0.3 is 4.90 Å².